The van der Waals surface area contributed by atoms with E-state index in [2.05, 4.69) is 5.32 Å². The normalized spacial score (nSPS) is 21.2. The number of β-amino-alcohol motifs (C(OH)–C–C–N with tert-alkyl or cyclic N) is 1. The van der Waals surface area contributed by atoms with Gasteiger partial charge in [0.1, 0.15) is 6.04 Å². The predicted molar refractivity (Wildman–Crippen MR) is 70.7 cm³/mol. The fraction of sp³-hybridized carbons (Fsp3) is 0.385. The summed E-state index contributed by atoms with van der Waals surface area (Å²) in [4.78, 5) is 24.2. The van der Waals surface area contributed by atoms with Crippen LogP contribution in [0.25, 0.3) is 0 Å². The van der Waals surface area contributed by atoms with Gasteiger partial charge in [-0.15, -0.1) is 0 Å². The number of aliphatic hydroxyl groups is 1. The second kappa shape index (κ2) is 5.96. The van der Waals surface area contributed by atoms with Crippen LogP contribution in [-0.4, -0.2) is 52.9 Å². The molecule has 1 unspecified atom stereocenters. The van der Waals surface area contributed by atoms with Crippen molar-refractivity contribution in [1.82, 2.24) is 4.90 Å². The summed E-state index contributed by atoms with van der Waals surface area (Å²) in [5, 5.41) is 21.0. The number of nitrogens with zero attached hydrogens (tertiary/aromatic N) is 1. The second-order valence-corrected chi connectivity index (χ2v) is 4.68. The topological polar surface area (TPSA) is 99.1 Å². The number of ether oxygens (including phenoxy) is 1. The van der Waals surface area contributed by atoms with E-state index in [1.807, 2.05) is 0 Å². The van der Waals surface area contributed by atoms with Crippen LogP contribution >= 0.6 is 0 Å². The minimum Gasteiger partial charge on any atom is -0.494 e. The molecule has 1 fully saturated rings. The summed E-state index contributed by atoms with van der Waals surface area (Å²) in [6.45, 7) is -0.0683. The molecule has 2 rings (SSSR count). The van der Waals surface area contributed by atoms with Crippen molar-refractivity contribution in [3.05, 3.63) is 24.0 Å². The van der Waals surface area contributed by atoms with Gasteiger partial charge in [-0.25, -0.2) is 14.0 Å². The molecule has 2 atom stereocenters. The summed E-state index contributed by atoms with van der Waals surface area (Å²) in [7, 11) is 1.29. The van der Waals surface area contributed by atoms with Crippen LogP contribution in [0.2, 0.25) is 0 Å². The monoisotopic (exact) mass is 298 g/mol. The van der Waals surface area contributed by atoms with Crippen LogP contribution in [0.15, 0.2) is 18.2 Å². The minimum absolute atomic E-state index is 0.0184. The molecule has 1 aliphatic heterocycles. The van der Waals surface area contributed by atoms with Crippen molar-refractivity contribution in [2.45, 2.75) is 18.6 Å². The number of hydrogen-bond donors (Lipinski definition) is 3. The number of carboxylic acid groups (broad SMARTS) is 1. The molecule has 0 aliphatic carbocycles. The molecule has 0 bridgehead atoms. The van der Waals surface area contributed by atoms with Crippen molar-refractivity contribution in [2.24, 2.45) is 0 Å². The molecule has 0 spiro atoms. The highest BCUT2D eigenvalue weighted by Gasteiger charge is 2.39. The lowest BCUT2D eigenvalue weighted by atomic mass is 10.2. The summed E-state index contributed by atoms with van der Waals surface area (Å²) in [6, 6.07) is 1.99. The van der Waals surface area contributed by atoms with Gasteiger partial charge in [-0.05, 0) is 12.1 Å². The number of amides is 2. The Morgan fingerprint density at radius 1 is 1.48 bits per heavy atom. The van der Waals surface area contributed by atoms with E-state index in [1.165, 1.54) is 19.2 Å². The molecule has 2 amide bonds. The van der Waals surface area contributed by atoms with Crippen molar-refractivity contribution in [2.75, 3.05) is 19.0 Å². The van der Waals surface area contributed by atoms with Gasteiger partial charge >= 0.3 is 12.0 Å². The number of likely N-dealkylation sites (tertiary alicyclic amines) is 1. The van der Waals surface area contributed by atoms with Gasteiger partial charge in [-0.1, -0.05) is 0 Å². The third-order valence-corrected chi connectivity index (χ3v) is 3.23. The van der Waals surface area contributed by atoms with Gasteiger partial charge < -0.3 is 25.2 Å². The molecule has 0 saturated carbocycles. The summed E-state index contributed by atoms with van der Waals surface area (Å²) >= 11 is 0. The second-order valence-electron chi connectivity index (χ2n) is 4.68. The Bertz CT molecular complexity index is 565. The van der Waals surface area contributed by atoms with Crippen LogP contribution in [0.3, 0.4) is 0 Å². The van der Waals surface area contributed by atoms with Gasteiger partial charge in [0.15, 0.2) is 11.6 Å². The van der Waals surface area contributed by atoms with E-state index in [1.54, 1.807) is 0 Å². The maximum Gasteiger partial charge on any atom is 0.326 e. The molecule has 1 aliphatic rings. The first-order valence-electron chi connectivity index (χ1n) is 6.24. The lowest BCUT2D eigenvalue weighted by Gasteiger charge is -2.21. The fourth-order valence-electron chi connectivity index (χ4n) is 2.21. The maximum absolute atomic E-state index is 13.3. The van der Waals surface area contributed by atoms with Crippen molar-refractivity contribution >= 4 is 17.7 Å². The van der Waals surface area contributed by atoms with Crippen molar-refractivity contribution < 1.29 is 28.9 Å². The first-order chi connectivity index (χ1) is 9.92. The molecular weight excluding hydrogens is 283 g/mol. The van der Waals surface area contributed by atoms with Crippen molar-refractivity contribution in [1.29, 1.82) is 0 Å². The van der Waals surface area contributed by atoms with E-state index < -0.39 is 30.0 Å². The van der Waals surface area contributed by atoms with Crippen LogP contribution in [0.1, 0.15) is 6.42 Å². The van der Waals surface area contributed by atoms with Crippen LogP contribution in [0, 0.1) is 5.82 Å². The van der Waals surface area contributed by atoms with Crippen molar-refractivity contribution in [3.63, 3.8) is 0 Å². The zero-order valence-electron chi connectivity index (χ0n) is 11.2. The third kappa shape index (κ3) is 3.22. The standard InChI is InChI=1S/C13H15FN2O5/c1-21-11-4-7(2-3-9(11)14)15-13(20)16-6-8(17)5-10(16)12(18)19/h2-4,8,10,17H,5-6H2,1H3,(H,15,20)(H,18,19)/t8?,10-/m0/s1. The molecular formula is C13H15FN2O5. The van der Waals surface area contributed by atoms with Gasteiger partial charge in [-0.3, -0.25) is 0 Å². The largest absolute Gasteiger partial charge is 0.494 e. The van der Waals surface area contributed by atoms with Crippen LogP contribution in [-0.2, 0) is 4.79 Å². The number of carboxylic acids is 1. The molecule has 1 aromatic rings. The number of methoxy groups -OCH3 is 1. The molecule has 114 valence electrons. The lowest BCUT2D eigenvalue weighted by Crippen LogP contribution is -2.43. The van der Waals surface area contributed by atoms with E-state index in [4.69, 9.17) is 9.84 Å². The number of hydrogen-bond acceptors (Lipinski definition) is 4. The average Bonchev–Trinajstić information content (AvgIpc) is 2.83. The molecule has 7 nitrogen and oxygen atoms in total. The Morgan fingerprint density at radius 3 is 2.81 bits per heavy atom. The molecule has 1 heterocycles. The number of anilines is 1. The Kier molecular flexibility index (Phi) is 4.27. The predicted octanol–water partition coefficient (Wildman–Crippen LogP) is 0.886. The highest BCUT2D eigenvalue weighted by Crippen LogP contribution is 2.23. The zero-order valence-corrected chi connectivity index (χ0v) is 11.2. The number of nitrogens with one attached hydrogen (secondary N) is 1. The van der Waals surface area contributed by atoms with Gasteiger partial charge in [0.05, 0.1) is 13.2 Å². The molecule has 3 N–H and O–H groups in total. The zero-order chi connectivity index (χ0) is 15.6. The van der Waals surface area contributed by atoms with Crippen LogP contribution < -0.4 is 10.1 Å². The van der Waals surface area contributed by atoms with E-state index in [-0.39, 0.29) is 24.4 Å². The lowest BCUT2D eigenvalue weighted by molar-refractivity contribution is -0.141. The van der Waals surface area contributed by atoms with Crippen LogP contribution in [0.4, 0.5) is 14.9 Å². The molecule has 8 heteroatoms. The Hall–Kier alpha value is -2.35. The highest BCUT2D eigenvalue weighted by molar-refractivity contribution is 5.93. The first-order valence-corrected chi connectivity index (χ1v) is 6.24. The van der Waals surface area contributed by atoms with E-state index in [0.29, 0.717) is 0 Å². The van der Waals surface area contributed by atoms with E-state index in [0.717, 1.165) is 11.0 Å². The minimum atomic E-state index is -1.18. The van der Waals surface area contributed by atoms with Crippen molar-refractivity contribution in [3.8, 4) is 5.75 Å². The summed E-state index contributed by atoms with van der Waals surface area (Å²) in [5.74, 6) is -1.79. The Balaban J connectivity index is 2.12. The van der Waals surface area contributed by atoms with E-state index >= 15 is 0 Å². The molecule has 21 heavy (non-hydrogen) atoms. The summed E-state index contributed by atoms with van der Waals surface area (Å²) in [5.41, 5.74) is 0.267. The number of carbonyl (C=O) groups excluding carboxylic acids is 1. The van der Waals surface area contributed by atoms with Gasteiger partial charge in [0.25, 0.3) is 0 Å². The molecule has 0 aromatic heterocycles. The first kappa shape index (κ1) is 15.0. The number of aliphatic carboxylic acids is 1. The molecule has 1 saturated heterocycles. The molecule has 1 aromatic carbocycles. The maximum atomic E-state index is 13.3. The number of carbonyl (C=O) groups is 2. The fourth-order valence-corrected chi connectivity index (χ4v) is 2.21. The van der Waals surface area contributed by atoms with Gasteiger partial charge in [0.2, 0.25) is 0 Å². The van der Waals surface area contributed by atoms with Crippen LogP contribution in [0.5, 0.6) is 5.75 Å². The van der Waals surface area contributed by atoms with Gasteiger partial charge in [0, 0.05) is 24.7 Å². The highest BCUT2D eigenvalue weighted by atomic mass is 19.1. The average molecular weight is 298 g/mol. The third-order valence-electron chi connectivity index (χ3n) is 3.23. The Labute approximate surface area is 119 Å². The molecule has 0 radical (unpaired) electrons. The Morgan fingerprint density at radius 2 is 2.19 bits per heavy atom. The number of aliphatic hydroxyl groups excluding tert-OH is 1. The number of rotatable bonds is 3. The smallest absolute Gasteiger partial charge is 0.326 e. The number of halogens is 1. The SMILES string of the molecule is COc1cc(NC(=O)N2CC(O)C[C@H]2C(=O)O)ccc1F. The summed E-state index contributed by atoms with van der Waals surface area (Å²) in [6.07, 6.45) is -0.894. The van der Waals surface area contributed by atoms with Gasteiger partial charge in [-0.2, -0.15) is 0 Å². The number of urea groups is 1. The van der Waals surface area contributed by atoms with E-state index in [9.17, 15) is 19.1 Å². The quantitative estimate of drug-likeness (QED) is 0.769. The number of benzene rings is 1. The summed E-state index contributed by atoms with van der Waals surface area (Å²) < 4.78 is 18.1.